The normalized spacial score (nSPS) is 15.4. The lowest BCUT2D eigenvalue weighted by Gasteiger charge is -2.33. The second-order valence-electron chi connectivity index (χ2n) is 8.97. The maximum atomic E-state index is 13.5. The third-order valence-corrected chi connectivity index (χ3v) is 8.01. The van der Waals surface area contributed by atoms with Crippen LogP contribution in [0.4, 0.5) is 0 Å². The van der Waals surface area contributed by atoms with Crippen molar-refractivity contribution in [3.63, 3.8) is 0 Å². The number of benzene rings is 5. The van der Waals surface area contributed by atoms with Crippen LogP contribution in [0.2, 0.25) is 0 Å². The van der Waals surface area contributed by atoms with Crippen molar-refractivity contribution in [2.24, 2.45) is 0 Å². The summed E-state index contributed by atoms with van der Waals surface area (Å²) in [6.45, 7) is 3.60. The molecule has 0 saturated carbocycles. The van der Waals surface area contributed by atoms with Crippen molar-refractivity contribution < 1.29 is 0 Å². The van der Waals surface area contributed by atoms with E-state index in [1.165, 1.54) is 0 Å². The van der Waals surface area contributed by atoms with Crippen molar-refractivity contribution in [3.05, 3.63) is 85.4 Å². The van der Waals surface area contributed by atoms with Gasteiger partial charge in [-0.3, -0.25) is 19.2 Å². The quantitative estimate of drug-likeness (QED) is 0.301. The number of rotatable bonds is 0. The number of hydrogen-bond donors (Lipinski definition) is 0. The van der Waals surface area contributed by atoms with Gasteiger partial charge in [-0.1, -0.05) is 0 Å². The molecule has 29 heavy (non-hydrogen) atoms. The average Bonchev–Trinajstić information content (AvgIpc) is 3.04. The summed E-state index contributed by atoms with van der Waals surface area (Å²) in [6.07, 6.45) is 1.34. The topological polar surface area (TPSA) is 68.3 Å². The van der Waals surface area contributed by atoms with E-state index in [4.69, 9.17) is 0 Å². The Morgan fingerprint density at radius 3 is 1.21 bits per heavy atom. The predicted molar refractivity (Wildman–Crippen MR) is 111 cm³/mol. The Labute approximate surface area is 162 Å². The average molecular weight is 376 g/mol. The Morgan fingerprint density at radius 1 is 0.414 bits per heavy atom. The Hall–Kier alpha value is -3.40. The summed E-state index contributed by atoms with van der Waals surface area (Å²) in [5, 5.41) is 2.48. The van der Waals surface area contributed by atoms with Crippen molar-refractivity contribution in [2.45, 2.75) is 33.1 Å². The lowest BCUT2D eigenvalue weighted by atomic mass is 9.68. The van der Waals surface area contributed by atoms with Gasteiger partial charge < -0.3 is 0 Å². The molecule has 0 N–H and O–H groups in total. The summed E-state index contributed by atoms with van der Waals surface area (Å²) in [4.78, 5) is 53.4. The Bertz CT molecular complexity index is 1730. The molecule has 0 atom stereocenters. The Balaban J connectivity index is 1.91. The summed E-state index contributed by atoms with van der Waals surface area (Å²) >= 11 is 0. The van der Waals surface area contributed by atoms with E-state index in [-0.39, 0.29) is 21.7 Å². The second kappa shape index (κ2) is 3.86. The lowest BCUT2D eigenvalue weighted by molar-refractivity contribution is 1.03. The van der Waals surface area contributed by atoms with Crippen molar-refractivity contribution in [1.82, 2.24) is 0 Å². The zero-order chi connectivity index (χ0) is 19.7. The van der Waals surface area contributed by atoms with Crippen LogP contribution in [0.5, 0.6) is 0 Å². The zero-order valence-corrected chi connectivity index (χ0v) is 15.8. The number of hydrogen-bond acceptors (Lipinski definition) is 4. The molecule has 4 nitrogen and oxygen atoms in total. The molecule has 8 rings (SSSR count). The largest absolute Gasteiger partial charge is 0.289 e. The van der Waals surface area contributed by atoms with Crippen LogP contribution in [0, 0.1) is 13.8 Å². The lowest BCUT2D eigenvalue weighted by Crippen LogP contribution is -2.30. The van der Waals surface area contributed by atoms with E-state index >= 15 is 0 Å². The van der Waals surface area contributed by atoms with Crippen molar-refractivity contribution >= 4 is 21.5 Å². The van der Waals surface area contributed by atoms with E-state index in [9.17, 15) is 19.2 Å². The second-order valence-corrected chi connectivity index (χ2v) is 8.97. The maximum absolute atomic E-state index is 13.5. The smallest absolute Gasteiger partial charge is 0.190 e. The van der Waals surface area contributed by atoms with Crippen LogP contribution >= 0.6 is 0 Å². The SMILES string of the molecule is Cc1c2c3c(c(=O)c4c5c-3c(c1=O)c1c3c5c(c(=O)c5c-3c(c(C)c1=O)C5)C4)C2. The van der Waals surface area contributed by atoms with Crippen LogP contribution in [0.1, 0.15) is 44.5 Å². The molecule has 0 unspecified atom stereocenters. The highest BCUT2D eigenvalue weighted by Gasteiger charge is 2.43. The van der Waals surface area contributed by atoms with E-state index in [0.29, 0.717) is 52.3 Å². The van der Waals surface area contributed by atoms with E-state index in [1.807, 2.05) is 0 Å². The van der Waals surface area contributed by atoms with Gasteiger partial charge in [0.25, 0.3) is 0 Å². The number of fused-ring (bicyclic) bond motifs is 1. The summed E-state index contributed by atoms with van der Waals surface area (Å²) < 4.78 is 0. The van der Waals surface area contributed by atoms with Gasteiger partial charge in [-0.25, -0.2) is 0 Å². The van der Waals surface area contributed by atoms with Gasteiger partial charge in [-0.05, 0) is 46.9 Å². The monoisotopic (exact) mass is 376 g/mol. The fraction of sp³-hybridized carbons (Fsp3) is 0.200. The van der Waals surface area contributed by atoms with Gasteiger partial charge in [0.15, 0.2) is 21.7 Å². The molecule has 0 heterocycles. The van der Waals surface area contributed by atoms with E-state index < -0.39 is 0 Å². The molecule has 0 spiro atoms. The molecule has 4 heteroatoms. The third kappa shape index (κ3) is 1.15. The fourth-order valence-electron chi connectivity index (χ4n) is 6.55. The molecule has 0 bridgehead atoms. The first-order valence-electron chi connectivity index (χ1n) is 9.94. The molecule has 1 aromatic rings. The Kier molecular flexibility index (Phi) is 1.94. The zero-order valence-electron chi connectivity index (χ0n) is 15.8. The molecule has 0 amide bonds. The minimum absolute atomic E-state index is 0.0201. The van der Waals surface area contributed by atoms with Gasteiger partial charge >= 0.3 is 0 Å². The van der Waals surface area contributed by atoms with Gasteiger partial charge in [0.2, 0.25) is 0 Å². The molecule has 7 aliphatic rings. The predicted octanol–water partition coefficient (Wildman–Crippen LogP) is 2.29. The van der Waals surface area contributed by atoms with Crippen LogP contribution in [0.25, 0.3) is 43.8 Å². The highest BCUT2D eigenvalue weighted by molar-refractivity contribution is 6.27. The van der Waals surface area contributed by atoms with Crippen molar-refractivity contribution in [3.8, 4) is 22.3 Å². The molecule has 0 aromatic heterocycles. The third-order valence-electron chi connectivity index (χ3n) is 8.01. The van der Waals surface area contributed by atoms with Crippen LogP contribution in [-0.2, 0) is 19.3 Å². The first-order valence-corrected chi connectivity index (χ1v) is 9.94. The van der Waals surface area contributed by atoms with Gasteiger partial charge in [0.1, 0.15) is 0 Å². The minimum atomic E-state index is -0.100. The molecular weight excluding hydrogens is 364 g/mol. The molecule has 0 radical (unpaired) electrons. The molecule has 1 aromatic carbocycles. The van der Waals surface area contributed by atoms with Crippen molar-refractivity contribution in [1.29, 1.82) is 0 Å². The van der Waals surface area contributed by atoms with Crippen molar-refractivity contribution in [2.75, 3.05) is 0 Å². The van der Waals surface area contributed by atoms with Gasteiger partial charge in [0, 0.05) is 74.5 Å². The van der Waals surface area contributed by atoms with Crippen LogP contribution in [0.15, 0.2) is 19.2 Å². The minimum Gasteiger partial charge on any atom is -0.289 e. The fourth-order valence-corrected chi connectivity index (χ4v) is 6.55. The van der Waals surface area contributed by atoms with Gasteiger partial charge in [0.05, 0.1) is 0 Å². The molecule has 136 valence electrons. The van der Waals surface area contributed by atoms with E-state index in [1.54, 1.807) is 13.8 Å². The molecule has 0 fully saturated rings. The maximum Gasteiger partial charge on any atom is 0.190 e. The summed E-state index contributed by atoms with van der Waals surface area (Å²) in [5.41, 5.74) is 9.03. The van der Waals surface area contributed by atoms with Gasteiger partial charge in [-0.2, -0.15) is 0 Å². The van der Waals surface area contributed by atoms with E-state index in [2.05, 4.69) is 0 Å². The van der Waals surface area contributed by atoms with Gasteiger partial charge in [-0.15, -0.1) is 0 Å². The summed E-state index contributed by atoms with van der Waals surface area (Å²) in [6, 6.07) is 0. The molecule has 7 aliphatic carbocycles. The first-order chi connectivity index (χ1) is 13.9. The molecule has 0 saturated heterocycles. The van der Waals surface area contributed by atoms with Crippen LogP contribution in [0.3, 0.4) is 0 Å². The first kappa shape index (κ1) is 14.6. The summed E-state index contributed by atoms with van der Waals surface area (Å²) in [7, 11) is 0. The highest BCUT2D eigenvalue weighted by Crippen LogP contribution is 2.55. The standard InChI is InChI=1S/C25H12O4/c1-6-8-3-10-14(8)18-16-12(24(10)28)5-13-17(16)19-15-9(4-11(15)25(13)29)7(2)23(27)21(19)20(18)22(6)26/h3-5H2,1-2H3. The van der Waals surface area contributed by atoms with Crippen LogP contribution < -0.4 is 21.7 Å². The molecule has 0 aliphatic heterocycles. The Morgan fingerprint density at radius 2 is 0.793 bits per heavy atom. The highest BCUT2D eigenvalue weighted by atomic mass is 16.1. The van der Waals surface area contributed by atoms with Crippen LogP contribution in [-0.4, -0.2) is 0 Å². The summed E-state index contributed by atoms with van der Waals surface area (Å²) in [5.74, 6) is 0. The molecular formula is C25H12O4. The van der Waals surface area contributed by atoms with E-state index in [0.717, 1.165) is 55.3 Å².